The summed E-state index contributed by atoms with van der Waals surface area (Å²) < 4.78 is 34.5. The number of carboxylic acid groups (broad SMARTS) is 1. The van der Waals surface area contributed by atoms with E-state index in [4.69, 9.17) is 9.84 Å². The monoisotopic (exact) mass is 443 g/mol. The Labute approximate surface area is 186 Å². The average molecular weight is 443 g/mol. The normalized spacial score (nSPS) is 16.9. The maximum Gasteiger partial charge on any atom is 0.410 e. The molecule has 7 heteroatoms. The summed E-state index contributed by atoms with van der Waals surface area (Å²) in [6.45, 7) is 4.17. The Morgan fingerprint density at radius 1 is 1.19 bits per heavy atom. The van der Waals surface area contributed by atoms with Gasteiger partial charge in [-0.1, -0.05) is 53.6 Å². The lowest BCUT2D eigenvalue weighted by Crippen LogP contribution is -2.45. The van der Waals surface area contributed by atoms with Crippen molar-refractivity contribution in [1.82, 2.24) is 4.90 Å². The molecule has 0 spiro atoms. The van der Waals surface area contributed by atoms with Gasteiger partial charge in [-0.05, 0) is 38.0 Å². The molecule has 0 aromatic heterocycles. The first-order valence-electron chi connectivity index (χ1n) is 10.5. The highest BCUT2D eigenvalue weighted by Crippen LogP contribution is 2.33. The van der Waals surface area contributed by atoms with E-state index in [0.717, 1.165) is 16.7 Å². The summed E-state index contributed by atoms with van der Waals surface area (Å²) in [5.41, 5.74) is 2.64. The van der Waals surface area contributed by atoms with E-state index in [0.29, 0.717) is 19.4 Å². The van der Waals surface area contributed by atoms with Crippen LogP contribution < -0.4 is 0 Å². The molecule has 32 heavy (non-hydrogen) atoms. The molecule has 0 aliphatic carbocycles. The lowest BCUT2D eigenvalue weighted by molar-refractivity contribution is -0.00132. The van der Waals surface area contributed by atoms with E-state index in [9.17, 15) is 18.4 Å². The maximum absolute atomic E-state index is 14.7. The molecular formula is C25H27F2NO4. The minimum absolute atomic E-state index is 0.00984. The van der Waals surface area contributed by atoms with Gasteiger partial charge in [-0.25, -0.2) is 18.4 Å². The average Bonchev–Trinajstić information content (AvgIpc) is 2.73. The number of benzene rings is 2. The molecule has 5 nitrogen and oxygen atoms in total. The van der Waals surface area contributed by atoms with E-state index in [1.54, 1.807) is 32.1 Å². The minimum atomic E-state index is -3.00. The first-order valence-corrected chi connectivity index (χ1v) is 10.5. The van der Waals surface area contributed by atoms with Crippen LogP contribution >= 0.6 is 0 Å². The quantitative estimate of drug-likeness (QED) is 0.548. The van der Waals surface area contributed by atoms with Crippen molar-refractivity contribution in [3.63, 3.8) is 0 Å². The van der Waals surface area contributed by atoms with E-state index < -0.39 is 24.4 Å². The number of ether oxygens (including phenoxy) is 1. The molecular weight excluding hydrogens is 416 g/mol. The van der Waals surface area contributed by atoms with Gasteiger partial charge in [0.2, 0.25) is 0 Å². The predicted octanol–water partition coefficient (Wildman–Crippen LogP) is 5.49. The standard InChI is InChI=1S/C25H27F2NO4/c1-17-14-18(2)16-21(15-17)25(26,27)11-3-4-22-10-13-32-24(31)28(22)12-9-19-5-7-20(8-6-19)23(29)30/h3-8,14-16,22H,9-13H2,1-2H3,(H,29,30)/b4-3+/t22-/m0/s1. The van der Waals surface area contributed by atoms with Gasteiger partial charge in [-0.2, -0.15) is 0 Å². The molecule has 170 valence electrons. The Kier molecular flexibility index (Phi) is 7.28. The summed E-state index contributed by atoms with van der Waals surface area (Å²) in [5.74, 6) is -4.00. The molecule has 1 N–H and O–H groups in total. The van der Waals surface area contributed by atoms with Gasteiger partial charge in [0.1, 0.15) is 0 Å². The molecule has 2 aromatic carbocycles. The van der Waals surface area contributed by atoms with Crippen molar-refractivity contribution >= 4 is 12.1 Å². The van der Waals surface area contributed by atoms with E-state index in [1.165, 1.54) is 35.2 Å². The summed E-state index contributed by atoms with van der Waals surface area (Å²) >= 11 is 0. The number of allylic oxidation sites excluding steroid dienone is 1. The number of alkyl halides is 2. The van der Waals surface area contributed by atoms with Crippen LogP contribution in [0.25, 0.3) is 0 Å². The molecule has 1 amide bonds. The zero-order chi connectivity index (χ0) is 23.3. The number of hydrogen-bond acceptors (Lipinski definition) is 3. The second-order valence-corrected chi connectivity index (χ2v) is 8.13. The first kappa shape index (κ1) is 23.4. The van der Waals surface area contributed by atoms with E-state index in [1.807, 2.05) is 6.07 Å². The number of rotatable bonds is 8. The fourth-order valence-corrected chi connectivity index (χ4v) is 3.84. The van der Waals surface area contributed by atoms with Gasteiger partial charge in [-0.3, -0.25) is 0 Å². The second-order valence-electron chi connectivity index (χ2n) is 8.13. The van der Waals surface area contributed by atoms with Gasteiger partial charge in [0.15, 0.2) is 0 Å². The Balaban J connectivity index is 1.64. The summed E-state index contributed by atoms with van der Waals surface area (Å²) in [5, 5.41) is 8.99. The van der Waals surface area contributed by atoms with Crippen LogP contribution in [-0.2, 0) is 17.1 Å². The molecule has 1 atom stereocenters. The third-order valence-corrected chi connectivity index (χ3v) is 5.49. The van der Waals surface area contributed by atoms with Gasteiger partial charge >= 0.3 is 12.1 Å². The maximum atomic E-state index is 14.7. The molecule has 2 aromatic rings. The number of aryl methyl sites for hydroxylation is 2. The van der Waals surface area contributed by atoms with Crippen LogP contribution in [0.4, 0.5) is 13.6 Å². The highest BCUT2D eigenvalue weighted by molar-refractivity contribution is 5.87. The van der Waals surface area contributed by atoms with Gasteiger partial charge in [0.25, 0.3) is 5.92 Å². The smallest absolute Gasteiger partial charge is 0.410 e. The Hall–Kier alpha value is -3.22. The van der Waals surface area contributed by atoms with Gasteiger partial charge in [-0.15, -0.1) is 0 Å². The third kappa shape index (κ3) is 5.93. The molecule has 1 saturated heterocycles. The van der Waals surface area contributed by atoms with Crippen LogP contribution in [0, 0.1) is 13.8 Å². The fourth-order valence-electron chi connectivity index (χ4n) is 3.84. The number of carboxylic acids is 1. The van der Waals surface area contributed by atoms with E-state index in [2.05, 4.69) is 0 Å². The van der Waals surface area contributed by atoms with E-state index >= 15 is 0 Å². The van der Waals surface area contributed by atoms with Crippen LogP contribution in [0.15, 0.2) is 54.6 Å². The van der Waals surface area contributed by atoms with Crippen molar-refractivity contribution in [3.8, 4) is 0 Å². The summed E-state index contributed by atoms with van der Waals surface area (Å²) in [6, 6.07) is 11.0. The molecule has 3 rings (SSSR count). The zero-order valence-corrected chi connectivity index (χ0v) is 18.2. The molecule has 1 aliphatic heterocycles. The van der Waals surface area contributed by atoms with Gasteiger partial charge < -0.3 is 14.7 Å². The predicted molar refractivity (Wildman–Crippen MR) is 117 cm³/mol. The summed E-state index contributed by atoms with van der Waals surface area (Å²) in [4.78, 5) is 24.8. The Morgan fingerprint density at radius 2 is 1.84 bits per heavy atom. The SMILES string of the molecule is Cc1cc(C)cc(C(F)(F)C/C=C/[C@H]2CCOC(=O)N2CCc2ccc(C(=O)O)cc2)c1. The highest BCUT2D eigenvalue weighted by atomic mass is 19.3. The van der Waals surface area contributed by atoms with Crippen molar-refractivity contribution in [2.75, 3.05) is 13.2 Å². The number of cyclic esters (lactones) is 1. The van der Waals surface area contributed by atoms with Crippen LogP contribution in [0.3, 0.4) is 0 Å². The lowest BCUT2D eigenvalue weighted by atomic mass is 9.99. The Morgan fingerprint density at radius 3 is 2.47 bits per heavy atom. The molecule has 1 aliphatic rings. The van der Waals surface area contributed by atoms with E-state index in [-0.39, 0.29) is 23.8 Å². The van der Waals surface area contributed by atoms with Crippen molar-refractivity contribution in [2.45, 2.75) is 45.1 Å². The molecule has 0 saturated carbocycles. The number of hydrogen-bond donors (Lipinski definition) is 1. The molecule has 0 radical (unpaired) electrons. The van der Waals surface area contributed by atoms with Crippen LogP contribution in [0.2, 0.25) is 0 Å². The van der Waals surface area contributed by atoms with Crippen molar-refractivity contribution in [1.29, 1.82) is 0 Å². The molecule has 0 bridgehead atoms. The zero-order valence-electron chi connectivity index (χ0n) is 18.2. The summed E-state index contributed by atoms with van der Waals surface area (Å²) in [6.07, 6.45) is 3.19. The number of carbonyl (C=O) groups is 2. The minimum Gasteiger partial charge on any atom is -0.478 e. The van der Waals surface area contributed by atoms with Gasteiger partial charge in [0, 0.05) is 24.9 Å². The first-order chi connectivity index (χ1) is 15.2. The fraction of sp³-hybridized carbons (Fsp3) is 0.360. The molecule has 1 heterocycles. The van der Waals surface area contributed by atoms with Crippen LogP contribution in [-0.4, -0.2) is 41.3 Å². The highest BCUT2D eigenvalue weighted by Gasteiger charge is 2.31. The van der Waals surface area contributed by atoms with Crippen LogP contribution in [0.5, 0.6) is 0 Å². The second kappa shape index (κ2) is 9.94. The topological polar surface area (TPSA) is 66.8 Å². The number of nitrogens with zero attached hydrogens (tertiary/aromatic N) is 1. The van der Waals surface area contributed by atoms with Crippen molar-refractivity contribution < 1.29 is 28.2 Å². The van der Waals surface area contributed by atoms with Crippen molar-refractivity contribution in [3.05, 3.63) is 82.4 Å². The number of amides is 1. The number of aromatic carboxylic acids is 1. The third-order valence-electron chi connectivity index (χ3n) is 5.49. The van der Waals surface area contributed by atoms with Crippen LogP contribution in [0.1, 0.15) is 45.5 Å². The summed E-state index contributed by atoms with van der Waals surface area (Å²) in [7, 11) is 0. The molecule has 1 fully saturated rings. The molecule has 0 unspecified atom stereocenters. The number of carbonyl (C=O) groups excluding carboxylic acids is 1. The Bertz CT molecular complexity index is 981. The lowest BCUT2D eigenvalue weighted by Gasteiger charge is -2.33. The van der Waals surface area contributed by atoms with Gasteiger partial charge in [0.05, 0.1) is 18.2 Å². The van der Waals surface area contributed by atoms with Crippen molar-refractivity contribution in [2.24, 2.45) is 0 Å². The number of halogens is 2. The largest absolute Gasteiger partial charge is 0.478 e.